The van der Waals surface area contributed by atoms with E-state index >= 15 is 0 Å². The number of sulfonamides is 1. The number of hydrogen-bond donors (Lipinski definition) is 2. The minimum atomic E-state index is -3.57. The highest BCUT2D eigenvalue weighted by molar-refractivity contribution is 14.1. The second kappa shape index (κ2) is 7.55. The number of pyridine rings is 1. The van der Waals surface area contributed by atoms with Gasteiger partial charge in [0.1, 0.15) is 5.82 Å². The van der Waals surface area contributed by atoms with Crippen LogP contribution in [-0.2, 0) is 17.1 Å². The van der Waals surface area contributed by atoms with Gasteiger partial charge in [0.15, 0.2) is 0 Å². The van der Waals surface area contributed by atoms with Gasteiger partial charge < -0.3 is 5.32 Å². The smallest absolute Gasteiger partial charge is 0.254 e. The summed E-state index contributed by atoms with van der Waals surface area (Å²) in [6, 6.07) is 6.92. The summed E-state index contributed by atoms with van der Waals surface area (Å²) in [5, 5.41) is 2.93. The van der Waals surface area contributed by atoms with Gasteiger partial charge in [-0.25, -0.2) is 8.42 Å². The Morgan fingerprint density at radius 1 is 1.20 bits per heavy atom. The number of aromatic nitrogens is 1. The van der Waals surface area contributed by atoms with E-state index in [0.29, 0.717) is 27.8 Å². The SMILES string of the molecule is Cc1cc(NS(=O)(=O)C(C)C)c(Nc2ccc(I)cc2Cl)n(C)c1=O. The molecule has 0 aliphatic heterocycles. The minimum absolute atomic E-state index is 0.225. The standard InChI is InChI=1S/C16H19ClIN3O3S/c1-9(2)25(23,24)20-14-7-10(3)16(22)21(4)15(14)19-13-6-5-11(18)8-12(13)17/h5-9,19-20H,1-4H3. The summed E-state index contributed by atoms with van der Waals surface area (Å²) in [5.74, 6) is 0.322. The van der Waals surface area contributed by atoms with Crippen LogP contribution in [0.3, 0.4) is 0 Å². The van der Waals surface area contributed by atoms with Crippen LogP contribution in [0.5, 0.6) is 0 Å². The molecule has 1 aromatic carbocycles. The quantitative estimate of drug-likeness (QED) is 0.618. The van der Waals surface area contributed by atoms with E-state index in [2.05, 4.69) is 32.6 Å². The molecular weight excluding hydrogens is 477 g/mol. The van der Waals surface area contributed by atoms with Crippen LogP contribution in [0.25, 0.3) is 0 Å². The van der Waals surface area contributed by atoms with Crippen molar-refractivity contribution >= 4 is 61.4 Å². The largest absolute Gasteiger partial charge is 0.339 e. The van der Waals surface area contributed by atoms with Crippen molar-refractivity contribution in [1.29, 1.82) is 0 Å². The Hall–Kier alpha value is -1.26. The van der Waals surface area contributed by atoms with Gasteiger partial charge in [0.2, 0.25) is 10.0 Å². The Morgan fingerprint density at radius 3 is 2.40 bits per heavy atom. The molecule has 6 nitrogen and oxygen atoms in total. The highest BCUT2D eigenvalue weighted by Gasteiger charge is 2.20. The Labute approximate surface area is 165 Å². The van der Waals surface area contributed by atoms with Gasteiger partial charge in [0.05, 0.1) is 21.6 Å². The van der Waals surface area contributed by atoms with Crippen LogP contribution >= 0.6 is 34.2 Å². The summed E-state index contributed by atoms with van der Waals surface area (Å²) in [7, 11) is -1.99. The van der Waals surface area contributed by atoms with Crippen LogP contribution in [0.2, 0.25) is 5.02 Å². The van der Waals surface area contributed by atoms with Crippen LogP contribution in [0, 0.1) is 10.5 Å². The molecule has 1 aromatic heterocycles. The number of benzene rings is 1. The molecule has 25 heavy (non-hydrogen) atoms. The van der Waals surface area contributed by atoms with Gasteiger partial charge in [0, 0.05) is 16.2 Å². The Kier molecular flexibility index (Phi) is 6.05. The second-order valence-electron chi connectivity index (χ2n) is 5.90. The van der Waals surface area contributed by atoms with Gasteiger partial charge in [-0.2, -0.15) is 0 Å². The average Bonchev–Trinajstić information content (AvgIpc) is 2.50. The molecule has 9 heteroatoms. The van der Waals surface area contributed by atoms with E-state index in [1.165, 1.54) is 10.6 Å². The fraction of sp³-hybridized carbons (Fsp3) is 0.312. The first-order chi connectivity index (χ1) is 11.5. The lowest BCUT2D eigenvalue weighted by atomic mass is 10.2. The van der Waals surface area contributed by atoms with Crippen molar-refractivity contribution in [3.05, 3.63) is 48.8 Å². The van der Waals surface area contributed by atoms with Crippen LogP contribution < -0.4 is 15.6 Å². The molecule has 0 spiro atoms. The molecule has 0 bridgehead atoms. The molecule has 1 heterocycles. The van der Waals surface area contributed by atoms with Crippen LogP contribution in [-0.4, -0.2) is 18.2 Å². The third-order valence-electron chi connectivity index (χ3n) is 3.65. The molecule has 2 aromatic rings. The first-order valence-corrected chi connectivity index (χ1v) is 10.5. The molecular formula is C16H19ClIN3O3S. The van der Waals surface area contributed by atoms with Gasteiger partial charge in [-0.05, 0) is 67.6 Å². The maximum Gasteiger partial charge on any atom is 0.254 e. The molecule has 0 saturated heterocycles. The topological polar surface area (TPSA) is 80.2 Å². The van der Waals surface area contributed by atoms with Crippen LogP contribution in [0.15, 0.2) is 29.1 Å². The second-order valence-corrected chi connectivity index (χ2v) is 9.79. The van der Waals surface area contributed by atoms with E-state index in [1.807, 2.05) is 6.07 Å². The lowest BCUT2D eigenvalue weighted by Crippen LogP contribution is -2.27. The number of hydrogen-bond acceptors (Lipinski definition) is 4. The maximum atomic E-state index is 12.3. The van der Waals surface area contributed by atoms with Crippen molar-refractivity contribution in [1.82, 2.24) is 4.57 Å². The zero-order valence-corrected chi connectivity index (χ0v) is 18.0. The van der Waals surface area contributed by atoms with Crippen molar-refractivity contribution in [3.8, 4) is 0 Å². The molecule has 136 valence electrons. The summed E-state index contributed by atoms with van der Waals surface area (Å²) in [6.07, 6.45) is 0. The normalized spacial score (nSPS) is 11.6. The fourth-order valence-electron chi connectivity index (χ4n) is 2.11. The summed E-state index contributed by atoms with van der Waals surface area (Å²) in [4.78, 5) is 12.3. The van der Waals surface area contributed by atoms with E-state index in [9.17, 15) is 13.2 Å². The third kappa shape index (κ3) is 4.48. The zero-order chi connectivity index (χ0) is 18.9. The fourth-order valence-corrected chi connectivity index (χ4v) is 3.71. The highest BCUT2D eigenvalue weighted by atomic mass is 127. The van der Waals surface area contributed by atoms with Crippen molar-refractivity contribution in [3.63, 3.8) is 0 Å². The molecule has 0 unspecified atom stereocenters. The van der Waals surface area contributed by atoms with E-state index in [0.717, 1.165) is 3.57 Å². The van der Waals surface area contributed by atoms with Gasteiger partial charge >= 0.3 is 0 Å². The Bertz CT molecular complexity index is 971. The van der Waals surface area contributed by atoms with Crippen molar-refractivity contribution in [2.24, 2.45) is 7.05 Å². The zero-order valence-electron chi connectivity index (χ0n) is 14.2. The minimum Gasteiger partial charge on any atom is -0.339 e. The first-order valence-electron chi connectivity index (χ1n) is 7.47. The van der Waals surface area contributed by atoms with Crippen molar-refractivity contribution < 1.29 is 8.42 Å². The number of nitrogens with zero attached hydrogens (tertiary/aromatic N) is 1. The molecule has 0 amide bonds. The summed E-state index contributed by atoms with van der Waals surface area (Å²) in [6.45, 7) is 4.80. The monoisotopic (exact) mass is 495 g/mol. The molecule has 2 N–H and O–H groups in total. The lowest BCUT2D eigenvalue weighted by Gasteiger charge is -2.19. The van der Waals surface area contributed by atoms with Gasteiger partial charge in [-0.1, -0.05) is 11.6 Å². The van der Waals surface area contributed by atoms with Crippen molar-refractivity contribution in [2.75, 3.05) is 10.0 Å². The number of rotatable bonds is 5. The summed E-state index contributed by atoms with van der Waals surface area (Å²) in [5.41, 5.74) is 1.08. The number of halogens is 2. The van der Waals surface area contributed by atoms with Crippen LogP contribution in [0.1, 0.15) is 19.4 Å². The maximum absolute atomic E-state index is 12.3. The lowest BCUT2D eigenvalue weighted by molar-refractivity contribution is 0.592. The molecule has 0 aliphatic rings. The number of nitrogens with one attached hydrogen (secondary N) is 2. The van der Waals surface area contributed by atoms with Gasteiger partial charge in [-0.15, -0.1) is 0 Å². The number of aryl methyl sites for hydroxylation is 1. The average molecular weight is 496 g/mol. The molecule has 0 aliphatic carbocycles. The molecule has 0 saturated carbocycles. The van der Waals surface area contributed by atoms with Gasteiger partial charge in [-0.3, -0.25) is 14.1 Å². The summed E-state index contributed by atoms with van der Waals surface area (Å²) < 4.78 is 29.4. The predicted octanol–water partition coefficient (Wildman–Crippen LogP) is 3.85. The first kappa shape index (κ1) is 20.1. The van der Waals surface area contributed by atoms with E-state index in [-0.39, 0.29) is 5.56 Å². The van der Waals surface area contributed by atoms with Gasteiger partial charge in [0.25, 0.3) is 5.56 Å². The van der Waals surface area contributed by atoms with Crippen LogP contribution in [0.4, 0.5) is 17.2 Å². The molecule has 2 rings (SSSR count). The van der Waals surface area contributed by atoms with E-state index < -0.39 is 15.3 Å². The highest BCUT2D eigenvalue weighted by Crippen LogP contribution is 2.31. The van der Waals surface area contributed by atoms with E-state index in [1.54, 1.807) is 40.0 Å². The Balaban J connectivity index is 2.59. The predicted molar refractivity (Wildman–Crippen MR) is 112 cm³/mol. The summed E-state index contributed by atoms with van der Waals surface area (Å²) >= 11 is 8.39. The van der Waals surface area contributed by atoms with Crippen molar-refractivity contribution in [2.45, 2.75) is 26.0 Å². The molecule has 0 atom stereocenters. The number of anilines is 3. The van der Waals surface area contributed by atoms with E-state index in [4.69, 9.17) is 11.6 Å². The Morgan fingerprint density at radius 2 is 1.84 bits per heavy atom. The molecule has 0 fully saturated rings. The molecule has 0 radical (unpaired) electrons. The third-order valence-corrected chi connectivity index (χ3v) is 6.38.